The number of benzene rings is 1. The molecule has 1 aromatic carbocycles. The second-order valence-corrected chi connectivity index (χ2v) is 4.42. The Balaban J connectivity index is 0.00000162. The second-order valence-electron chi connectivity index (χ2n) is 4.01. The highest BCUT2D eigenvalue weighted by atomic mass is 35.5. The molecule has 1 heterocycles. The summed E-state index contributed by atoms with van der Waals surface area (Å²) in [5, 5.41) is 2.47. The highest BCUT2D eigenvalue weighted by Gasteiger charge is 2.33. The van der Waals surface area contributed by atoms with Crippen molar-refractivity contribution in [1.29, 1.82) is 0 Å². The van der Waals surface area contributed by atoms with Crippen molar-refractivity contribution in [2.75, 3.05) is 6.54 Å². The van der Waals surface area contributed by atoms with Gasteiger partial charge in [0.25, 0.3) is 0 Å². The van der Waals surface area contributed by atoms with Crippen LogP contribution in [0.1, 0.15) is 30.0 Å². The number of halogens is 6. The molecule has 0 bridgehead atoms. The first-order valence-corrected chi connectivity index (χ1v) is 5.57. The van der Waals surface area contributed by atoms with E-state index >= 15 is 0 Å². The molecule has 0 unspecified atom stereocenters. The number of nitrogens with one attached hydrogen (secondary N) is 1. The van der Waals surface area contributed by atoms with Gasteiger partial charge in [0.2, 0.25) is 0 Å². The van der Waals surface area contributed by atoms with E-state index in [2.05, 4.69) is 5.32 Å². The van der Waals surface area contributed by atoms with Crippen LogP contribution in [0.2, 0.25) is 5.02 Å². The van der Waals surface area contributed by atoms with E-state index in [-0.39, 0.29) is 24.0 Å². The van der Waals surface area contributed by atoms with Crippen LogP contribution in [-0.2, 0) is 6.18 Å². The molecule has 0 radical (unpaired) electrons. The average Bonchev–Trinajstić information content (AvgIpc) is 2.73. The van der Waals surface area contributed by atoms with Crippen molar-refractivity contribution in [1.82, 2.24) is 5.32 Å². The van der Waals surface area contributed by atoms with E-state index in [4.69, 9.17) is 11.6 Å². The van der Waals surface area contributed by atoms with Gasteiger partial charge in [0.1, 0.15) is 5.82 Å². The third-order valence-corrected chi connectivity index (χ3v) is 3.09. The van der Waals surface area contributed by atoms with Gasteiger partial charge in [0, 0.05) is 11.6 Å². The van der Waals surface area contributed by atoms with Crippen LogP contribution in [0.3, 0.4) is 0 Å². The third kappa shape index (κ3) is 3.08. The Hall–Kier alpha value is -0.520. The van der Waals surface area contributed by atoms with Gasteiger partial charge >= 0.3 is 6.18 Å². The van der Waals surface area contributed by atoms with E-state index in [1.807, 2.05) is 0 Å². The molecule has 1 N–H and O–H groups in total. The molecule has 0 spiro atoms. The number of alkyl halides is 3. The monoisotopic (exact) mass is 303 g/mol. The summed E-state index contributed by atoms with van der Waals surface area (Å²) >= 11 is 5.50. The quantitative estimate of drug-likeness (QED) is 0.761. The lowest BCUT2D eigenvalue weighted by Gasteiger charge is -2.16. The van der Waals surface area contributed by atoms with Crippen molar-refractivity contribution < 1.29 is 17.6 Å². The maximum absolute atomic E-state index is 13.7. The van der Waals surface area contributed by atoms with Crippen LogP contribution in [-0.4, -0.2) is 6.54 Å². The van der Waals surface area contributed by atoms with Crippen LogP contribution < -0.4 is 5.32 Å². The van der Waals surface area contributed by atoms with E-state index in [0.717, 1.165) is 12.5 Å². The SMILES string of the molecule is Cl.Fc1c(Cl)cc(C(F)(F)F)cc1[C@H]1CCCN1. The Labute approximate surface area is 113 Å². The van der Waals surface area contributed by atoms with Gasteiger partial charge in [-0.05, 0) is 31.5 Å². The zero-order valence-corrected chi connectivity index (χ0v) is 10.7. The molecule has 0 aliphatic carbocycles. The lowest BCUT2D eigenvalue weighted by molar-refractivity contribution is -0.137. The molecule has 1 nitrogen and oxygen atoms in total. The van der Waals surface area contributed by atoms with Gasteiger partial charge < -0.3 is 5.32 Å². The zero-order chi connectivity index (χ0) is 12.6. The Kier molecular flexibility index (Phi) is 4.86. The molecule has 0 aromatic heterocycles. The summed E-state index contributed by atoms with van der Waals surface area (Å²) in [5.74, 6) is -0.765. The van der Waals surface area contributed by atoms with Crippen LogP contribution >= 0.6 is 24.0 Å². The van der Waals surface area contributed by atoms with Gasteiger partial charge in [-0.1, -0.05) is 11.6 Å². The van der Waals surface area contributed by atoms with E-state index in [9.17, 15) is 17.6 Å². The summed E-state index contributed by atoms with van der Waals surface area (Å²) < 4.78 is 51.4. The van der Waals surface area contributed by atoms with Crippen molar-refractivity contribution in [3.63, 3.8) is 0 Å². The summed E-state index contributed by atoms with van der Waals surface area (Å²) in [5.41, 5.74) is -0.907. The molecule has 1 aliphatic heterocycles. The topological polar surface area (TPSA) is 12.0 Å². The van der Waals surface area contributed by atoms with Crippen LogP contribution in [0.15, 0.2) is 12.1 Å². The molecule has 1 fully saturated rings. The van der Waals surface area contributed by atoms with E-state index in [0.29, 0.717) is 19.0 Å². The van der Waals surface area contributed by atoms with E-state index in [1.165, 1.54) is 0 Å². The molecular formula is C11H11Cl2F4N. The summed E-state index contributed by atoms with van der Waals surface area (Å²) in [6, 6.07) is 1.08. The minimum Gasteiger partial charge on any atom is -0.310 e. The minimum atomic E-state index is -4.51. The Morgan fingerprint density at radius 1 is 1.28 bits per heavy atom. The smallest absolute Gasteiger partial charge is 0.310 e. The Bertz CT molecular complexity index is 428. The van der Waals surface area contributed by atoms with Crippen molar-refractivity contribution >= 4 is 24.0 Å². The van der Waals surface area contributed by atoms with Gasteiger partial charge in [-0.15, -0.1) is 12.4 Å². The van der Waals surface area contributed by atoms with Crippen LogP contribution in [0, 0.1) is 5.82 Å². The fourth-order valence-corrected chi connectivity index (χ4v) is 2.20. The standard InChI is InChI=1S/C11H10ClF4N.ClH/c12-8-5-6(11(14,15)16)4-7(10(8)13)9-2-1-3-17-9;/h4-5,9,17H,1-3H2;1H/t9-;/m1./s1. The Morgan fingerprint density at radius 3 is 2.44 bits per heavy atom. The molecule has 2 rings (SSSR count). The predicted octanol–water partition coefficient (Wildman–Crippen LogP) is 4.34. The average molecular weight is 304 g/mol. The fourth-order valence-electron chi connectivity index (χ4n) is 1.98. The van der Waals surface area contributed by atoms with Crippen molar-refractivity contribution in [3.05, 3.63) is 34.1 Å². The zero-order valence-electron chi connectivity index (χ0n) is 9.15. The molecule has 1 aromatic rings. The van der Waals surface area contributed by atoms with Crippen molar-refractivity contribution in [3.8, 4) is 0 Å². The van der Waals surface area contributed by atoms with Gasteiger partial charge in [-0.3, -0.25) is 0 Å². The lowest BCUT2D eigenvalue weighted by Crippen LogP contribution is -2.16. The first kappa shape index (κ1) is 15.5. The molecule has 18 heavy (non-hydrogen) atoms. The highest BCUT2D eigenvalue weighted by molar-refractivity contribution is 6.30. The van der Waals surface area contributed by atoms with Gasteiger partial charge in [0.05, 0.1) is 10.6 Å². The molecule has 1 atom stereocenters. The fraction of sp³-hybridized carbons (Fsp3) is 0.455. The first-order valence-electron chi connectivity index (χ1n) is 5.19. The first-order chi connectivity index (χ1) is 7.89. The summed E-state index contributed by atoms with van der Waals surface area (Å²) in [6.45, 7) is 0.679. The van der Waals surface area contributed by atoms with Crippen molar-refractivity contribution in [2.45, 2.75) is 25.1 Å². The van der Waals surface area contributed by atoms with Crippen LogP contribution in [0.5, 0.6) is 0 Å². The largest absolute Gasteiger partial charge is 0.416 e. The second kappa shape index (κ2) is 5.63. The molecule has 0 saturated carbocycles. The van der Waals surface area contributed by atoms with Crippen molar-refractivity contribution in [2.24, 2.45) is 0 Å². The number of hydrogen-bond acceptors (Lipinski definition) is 1. The molecule has 102 valence electrons. The Morgan fingerprint density at radius 2 is 1.94 bits per heavy atom. The number of rotatable bonds is 1. The lowest BCUT2D eigenvalue weighted by atomic mass is 10.0. The van der Waals surface area contributed by atoms with Gasteiger partial charge in [-0.2, -0.15) is 13.2 Å². The third-order valence-electron chi connectivity index (χ3n) is 2.82. The van der Waals surface area contributed by atoms with E-state index < -0.39 is 22.6 Å². The summed E-state index contributed by atoms with van der Waals surface area (Å²) in [4.78, 5) is 0. The predicted molar refractivity (Wildman–Crippen MR) is 63.6 cm³/mol. The molecule has 0 amide bonds. The maximum atomic E-state index is 13.7. The van der Waals surface area contributed by atoms with Crippen LogP contribution in [0.25, 0.3) is 0 Å². The summed E-state index contributed by atoms with van der Waals surface area (Å²) in [7, 11) is 0. The molecular weight excluding hydrogens is 293 g/mol. The normalized spacial score (nSPS) is 19.7. The maximum Gasteiger partial charge on any atom is 0.416 e. The van der Waals surface area contributed by atoms with Gasteiger partial charge in [0.15, 0.2) is 0 Å². The van der Waals surface area contributed by atoms with Crippen LogP contribution in [0.4, 0.5) is 17.6 Å². The molecule has 7 heteroatoms. The minimum absolute atomic E-state index is 0. The highest BCUT2D eigenvalue weighted by Crippen LogP contribution is 2.36. The van der Waals surface area contributed by atoms with Gasteiger partial charge in [-0.25, -0.2) is 4.39 Å². The molecule has 1 saturated heterocycles. The molecule has 1 aliphatic rings. The van der Waals surface area contributed by atoms with E-state index in [1.54, 1.807) is 0 Å². The number of hydrogen-bond donors (Lipinski definition) is 1. The summed E-state index contributed by atoms with van der Waals surface area (Å²) in [6.07, 6.45) is -3.07.